The number of fused-ring (bicyclic) bond motifs is 1. The molecule has 0 spiro atoms. The summed E-state index contributed by atoms with van der Waals surface area (Å²) >= 11 is 0. The molecule has 0 bridgehead atoms. The Bertz CT molecular complexity index is 1180. The van der Waals surface area contributed by atoms with Crippen molar-refractivity contribution >= 4 is 28.8 Å². The first-order chi connectivity index (χ1) is 16.1. The maximum atomic E-state index is 12.7. The monoisotopic (exact) mass is 468 g/mol. The molecule has 3 aromatic heterocycles. The average Bonchev–Trinajstić information content (AvgIpc) is 3.17. The zero-order valence-electron chi connectivity index (χ0n) is 20.4. The van der Waals surface area contributed by atoms with E-state index in [2.05, 4.69) is 9.97 Å². The van der Waals surface area contributed by atoms with Crippen LogP contribution in [-0.4, -0.2) is 51.2 Å². The first-order valence-corrected chi connectivity index (χ1v) is 11.4. The molecule has 0 radical (unpaired) electrons. The molecule has 0 aromatic carbocycles. The van der Waals surface area contributed by atoms with Gasteiger partial charge in [-0.25, -0.2) is 14.8 Å². The van der Waals surface area contributed by atoms with Crippen LogP contribution in [-0.2, 0) is 27.9 Å². The number of carbonyl (C=O) groups excluding carboxylic acids is 1. The van der Waals surface area contributed by atoms with Crippen LogP contribution < -0.4 is 10.6 Å². The lowest BCUT2D eigenvalue weighted by Gasteiger charge is -2.24. The topological polar surface area (TPSA) is 118 Å². The van der Waals surface area contributed by atoms with Gasteiger partial charge in [0, 0.05) is 20.7 Å². The van der Waals surface area contributed by atoms with Crippen molar-refractivity contribution in [1.82, 2.24) is 19.5 Å². The molecule has 34 heavy (non-hydrogen) atoms. The second-order valence-electron chi connectivity index (χ2n) is 9.41. The molecule has 4 rings (SSSR count). The summed E-state index contributed by atoms with van der Waals surface area (Å²) in [5, 5.41) is 0. The molecule has 3 aromatic rings. The van der Waals surface area contributed by atoms with Crippen LogP contribution in [0.2, 0.25) is 0 Å². The number of imidazole rings is 1. The lowest BCUT2D eigenvalue weighted by molar-refractivity contribution is -0.169. The fourth-order valence-corrected chi connectivity index (χ4v) is 3.86. The van der Waals surface area contributed by atoms with Crippen LogP contribution in [0, 0.1) is 0 Å². The summed E-state index contributed by atoms with van der Waals surface area (Å²) < 4.78 is 18.9. The van der Waals surface area contributed by atoms with Crippen LogP contribution >= 0.6 is 0 Å². The van der Waals surface area contributed by atoms with Gasteiger partial charge in [0.05, 0.1) is 35.4 Å². The number of anilines is 2. The number of aromatic nitrogens is 4. The van der Waals surface area contributed by atoms with Crippen molar-refractivity contribution in [2.45, 2.75) is 58.5 Å². The Morgan fingerprint density at radius 3 is 2.79 bits per heavy atom. The molecule has 182 valence electrons. The highest BCUT2D eigenvalue weighted by Crippen LogP contribution is 2.36. The third-order valence-electron chi connectivity index (χ3n) is 5.47. The SMILES string of the molecule is CN(C(=O)OC(C)(C)C)c1nc(N)c(-c2cccc(COC3CCCCO3)n2)c2c1ncn2C. The molecule has 0 saturated carbocycles. The van der Waals surface area contributed by atoms with E-state index >= 15 is 0 Å². The van der Waals surface area contributed by atoms with Crippen molar-refractivity contribution in [2.75, 3.05) is 24.3 Å². The van der Waals surface area contributed by atoms with E-state index in [4.69, 9.17) is 24.9 Å². The number of ether oxygens (including phenoxy) is 3. The van der Waals surface area contributed by atoms with Crippen molar-refractivity contribution in [3.63, 3.8) is 0 Å². The standard InChI is InChI=1S/C24H32N6O4/c1-24(2,3)34-23(31)30(5)22-19-20(29(4)14-26-19)18(21(25)28-22)16-10-8-9-15(27-16)13-33-17-11-6-7-12-32-17/h8-10,14,17H,6-7,11-13H2,1-5H3,(H2,25,28). The van der Waals surface area contributed by atoms with Gasteiger partial charge in [-0.3, -0.25) is 9.88 Å². The third kappa shape index (κ3) is 5.13. The van der Waals surface area contributed by atoms with E-state index in [-0.39, 0.29) is 12.1 Å². The van der Waals surface area contributed by atoms with Gasteiger partial charge in [0.2, 0.25) is 0 Å². The fourth-order valence-electron chi connectivity index (χ4n) is 3.86. The van der Waals surface area contributed by atoms with Crippen LogP contribution in [0.5, 0.6) is 0 Å². The molecular weight excluding hydrogens is 436 g/mol. The molecule has 1 saturated heterocycles. The Kier molecular flexibility index (Phi) is 6.72. The normalized spacial score (nSPS) is 16.6. The number of carbonyl (C=O) groups is 1. The Hall–Kier alpha value is -3.24. The molecule has 0 aliphatic carbocycles. The average molecular weight is 469 g/mol. The Labute approximate surface area is 199 Å². The Morgan fingerprint density at radius 1 is 1.29 bits per heavy atom. The molecule has 1 aliphatic rings. The smallest absolute Gasteiger partial charge is 0.415 e. The number of nitrogens with two attached hydrogens (primary N) is 1. The van der Waals surface area contributed by atoms with Crippen LogP contribution in [0.15, 0.2) is 24.5 Å². The van der Waals surface area contributed by atoms with Gasteiger partial charge in [0.15, 0.2) is 12.1 Å². The third-order valence-corrected chi connectivity index (χ3v) is 5.47. The number of hydrogen-bond donors (Lipinski definition) is 1. The zero-order chi connectivity index (χ0) is 24.5. The Balaban J connectivity index is 1.68. The van der Waals surface area contributed by atoms with Gasteiger partial charge in [0.25, 0.3) is 0 Å². The molecule has 1 atom stereocenters. The van der Waals surface area contributed by atoms with Gasteiger partial charge in [-0.15, -0.1) is 0 Å². The van der Waals surface area contributed by atoms with Gasteiger partial charge in [-0.1, -0.05) is 6.07 Å². The number of nitrogen functional groups attached to an aromatic ring is 1. The summed E-state index contributed by atoms with van der Waals surface area (Å²) in [5.74, 6) is 0.558. The molecular formula is C24H32N6O4. The highest BCUT2D eigenvalue weighted by molar-refractivity contribution is 6.05. The molecule has 1 aliphatic heterocycles. The van der Waals surface area contributed by atoms with Gasteiger partial charge in [0.1, 0.15) is 16.9 Å². The maximum absolute atomic E-state index is 12.7. The highest BCUT2D eigenvalue weighted by atomic mass is 16.7. The molecule has 4 heterocycles. The summed E-state index contributed by atoms with van der Waals surface area (Å²) in [4.78, 5) is 27.8. The van der Waals surface area contributed by atoms with Crippen LogP contribution in [0.25, 0.3) is 22.3 Å². The quantitative estimate of drug-likeness (QED) is 0.596. The van der Waals surface area contributed by atoms with E-state index in [9.17, 15) is 4.79 Å². The number of pyridine rings is 2. The van der Waals surface area contributed by atoms with Crippen LogP contribution in [0.4, 0.5) is 16.4 Å². The van der Waals surface area contributed by atoms with Crippen molar-refractivity contribution in [1.29, 1.82) is 0 Å². The maximum Gasteiger partial charge on any atom is 0.415 e. The van der Waals surface area contributed by atoms with Gasteiger partial charge < -0.3 is 24.5 Å². The number of amides is 1. The molecule has 10 heteroatoms. The molecule has 1 amide bonds. The summed E-state index contributed by atoms with van der Waals surface area (Å²) in [6.45, 7) is 6.48. The van der Waals surface area contributed by atoms with Crippen molar-refractivity contribution in [3.05, 3.63) is 30.2 Å². The lowest BCUT2D eigenvalue weighted by Crippen LogP contribution is -2.34. The predicted molar refractivity (Wildman–Crippen MR) is 129 cm³/mol. The minimum absolute atomic E-state index is 0.197. The number of nitrogens with zero attached hydrogens (tertiary/aromatic N) is 5. The minimum Gasteiger partial charge on any atom is -0.443 e. The van der Waals surface area contributed by atoms with E-state index in [1.807, 2.05) is 50.6 Å². The molecule has 1 fully saturated rings. The van der Waals surface area contributed by atoms with E-state index in [0.717, 1.165) is 37.1 Å². The van der Waals surface area contributed by atoms with Crippen molar-refractivity contribution in [3.8, 4) is 11.3 Å². The molecule has 1 unspecified atom stereocenters. The summed E-state index contributed by atoms with van der Waals surface area (Å²) in [6, 6.07) is 5.68. The first-order valence-electron chi connectivity index (χ1n) is 11.4. The summed E-state index contributed by atoms with van der Waals surface area (Å²) in [6.07, 6.45) is 3.98. The Morgan fingerprint density at radius 2 is 2.09 bits per heavy atom. The summed E-state index contributed by atoms with van der Waals surface area (Å²) in [5.41, 5.74) is 9.09. The zero-order valence-corrected chi connectivity index (χ0v) is 20.4. The fraction of sp³-hybridized carbons (Fsp3) is 0.500. The summed E-state index contributed by atoms with van der Waals surface area (Å²) in [7, 11) is 3.45. The van der Waals surface area contributed by atoms with Crippen molar-refractivity contribution in [2.24, 2.45) is 7.05 Å². The number of aryl methyl sites for hydroxylation is 1. The highest BCUT2D eigenvalue weighted by Gasteiger charge is 2.27. The first kappa shape index (κ1) is 23.9. The van der Waals surface area contributed by atoms with Crippen LogP contribution in [0.1, 0.15) is 45.7 Å². The second-order valence-corrected chi connectivity index (χ2v) is 9.41. The van der Waals surface area contributed by atoms with E-state index in [0.29, 0.717) is 29.2 Å². The van der Waals surface area contributed by atoms with Gasteiger partial charge >= 0.3 is 6.09 Å². The molecule has 10 nitrogen and oxygen atoms in total. The predicted octanol–water partition coefficient (Wildman–Crippen LogP) is 4.03. The number of rotatable bonds is 5. The second kappa shape index (κ2) is 9.55. The van der Waals surface area contributed by atoms with E-state index < -0.39 is 11.7 Å². The largest absolute Gasteiger partial charge is 0.443 e. The van der Waals surface area contributed by atoms with E-state index in [1.54, 1.807) is 13.4 Å². The van der Waals surface area contributed by atoms with E-state index in [1.165, 1.54) is 4.90 Å². The molecule has 2 N–H and O–H groups in total. The van der Waals surface area contributed by atoms with Crippen LogP contribution in [0.3, 0.4) is 0 Å². The number of hydrogen-bond acceptors (Lipinski definition) is 8. The van der Waals surface area contributed by atoms with Gasteiger partial charge in [-0.2, -0.15) is 0 Å². The van der Waals surface area contributed by atoms with Crippen molar-refractivity contribution < 1.29 is 19.0 Å². The minimum atomic E-state index is -0.644. The lowest BCUT2D eigenvalue weighted by atomic mass is 10.1. The van der Waals surface area contributed by atoms with Gasteiger partial charge in [-0.05, 0) is 52.2 Å².